The summed E-state index contributed by atoms with van der Waals surface area (Å²) in [5.41, 5.74) is 5.41. The zero-order valence-electron chi connectivity index (χ0n) is 8.34. The van der Waals surface area contributed by atoms with E-state index in [1.807, 2.05) is 24.3 Å². The number of nitrogens with two attached hydrogens (primary N) is 1. The molecule has 0 heterocycles. The first-order valence-electron chi connectivity index (χ1n) is 4.38. The van der Waals surface area contributed by atoms with E-state index in [9.17, 15) is 4.79 Å². The Labute approximate surface area is 94.6 Å². The van der Waals surface area contributed by atoms with Gasteiger partial charge in [-0.3, -0.25) is 0 Å². The SMILES string of the molecule is COc1ccc([Se]C[C@H](N)C(=O)O)cc1. The third-order valence-electron chi connectivity index (χ3n) is 1.81. The average Bonchev–Trinajstić information content (AvgIpc) is 2.26. The van der Waals surface area contributed by atoms with Crippen molar-refractivity contribution in [1.29, 1.82) is 0 Å². The molecule has 0 aliphatic carbocycles. The normalized spacial score (nSPS) is 12.1. The van der Waals surface area contributed by atoms with Crippen LogP contribution in [0.4, 0.5) is 0 Å². The van der Waals surface area contributed by atoms with E-state index >= 15 is 0 Å². The van der Waals surface area contributed by atoms with E-state index in [4.69, 9.17) is 15.6 Å². The number of methoxy groups -OCH3 is 1. The molecule has 0 unspecified atom stereocenters. The van der Waals surface area contributed by atoms with Crippen molar-refractivity contribution in [2.24, 2.45) is 5.73 Å². The number of hydrogen-bond acceptors (Lipinski definition) is 3. The van der Waals surface area contributed by atoms with Crippen LogP contribution in [0.2, 0.25) is 5.32 Å². The Morgan fingerprint density at radius 2 is 2.13 bits per heavy atom. The summed E-state index contributed by atoms with van der Waals surface area (Å²) in [6.45, 7) is 0. The van der Waals surface area contributed by atoms with Crippen LogP contribution in [0.3, 0.4) is 0 Å². The molecule has 0 aromatic heterocycles. The monoisotopic (exact) mass is 275 g/mol. The van der Waals surface area contributed by atoms with Gasteiger partial charge in [-0.2, -0.15) is 0 Å². The van der Waals surface area contributed by atoms with Crippen molar-refractivity contribution in [1.82, 2.24) is 0 Å². The number of ether oxygens (including phenoxy) is 1. The standard InChI is InChI=1S/C10H13NO3Se/c1-14-7-2-4-8(5-3-7)15-6-9(11)10(12)13/h2-5,9H,6,11H2,1H3,(H,12,13)/t9-/m0/s1. The zero-order chi connectivity index (χ0) is 11.3. The van der Waals surface area contributed by atoms with Crippen molar-refractivity contribution in [3.8, 4) is 5.75 Å². The van der Waals surface area contributed by atoms with Crippen LogP contribution in [0.15, 0.2) is 24.3 Å². The molecule has 82 valence electrons. The summed E-state index contributed by atoms with van der Waals surface area (Å²) in [5, 5.41) is 9.12. The maximum atomic E-state index is 10.5. The van der Waals surface area contributed by atoms with E-state index in [-0.39, 0.29) is 15.0 Å². The molecule has 5 heteroatoms. The van der Waals surface area contributed by atoms with Crippen LogP contribution in [-0.2, 0) is 4.79 Å². The van der Waals surface area contributed by atoms with Crippen LogP contribution < -0.4 is 14.9 Å². The van der Waals surface area contributed by atoms with Gasteiger partial charge < -0.3 is 0 Å². The number of carboxylic acid groups (broad SMARTS) is 1. The quantitative estimate of drug-likeness (QED) is 0.733. The Morgan fingerprint density at radius 1 is 1.53 bits per heavy atom. The number of aliphatic carboxylic acids is 1. The molecule has 1 aromatic rings. The molecule has 1 rings (SSSR count). The molecule has 0 radical (unpaired) electrons. The van der Waals surface area contributed by atoms with E-state index in [0.717, 1.165) is 10.2 Å². The second kappa shape index (κ2) is 5.75. The molecule has 0 saturated carbocycles. The fourth-order valence-electron chi connectivity index (χ4n) is 0.929. The molecule has 1 atom stereocenters. The molecular formula is C10H13NO3Se. The zero-order valence-corrected chi connectivity index (χ0v) is 10.1. The van der Waals surface area contributed by atoms with Crippen LogP contribution in [-0.4, -0.2) is 39.2 Å². The maximum absolute atomic E-state index is 10.5. The van der Waals surface area contributed by atoms with Gasteiger partial charge in [-0.1, -0.05) is 0 Å². The van der Waals surface area contributed by atoms with Crippen molar-refractivity contribution < 1.29 is 14.6 Å². The first-order valence-corrected chi connectivity index (χ1v) is 6.45. The van der Waals surface area contributed by atoms with Crippen molar-refractivity contribution in [2.45, 2.75) is 11.4 Å². The fraction of sp³-hybridized carbons (Fsp3) is 0.300. The van der Waals surface area contributed by atoms with Gasteiger partial charge in [-0.25, -0.2) is 0 Å². The molecule has 0 fully saturated rings. The molecule has 15 heavy (non-hydrogen) atoms. The number of hydrogen-bond donors (Lipinski definition) is 2. The second-order valence-corrected chi connectivity index (χ2v) is 5.23. The van der Waals surface area contributed by atoms with Gasteiger partial charge in [-0.15, -0.1) is 0 Å². The van der Waals surface area contributed by atoms with Crippen LogP contribution in [0, 0.1) is 0 Å². The van der Waals surface area contributed by atoms with Gasteiger partial charge in [0.15, 0.2) is 0 Å². The van der Waals surface area contributed by atoms with Gasteiger partial charge in [0.2, 0.25) is 0 Å². The molecule has 0 amide bonds. The Hall–Kier alpha value is -1.03. The Morgan fingerprint density at radius 3 is 2.60 bits per heavy atom. The molecular weight excluding hydrogens is 261 g/mol. The Balaban J connectivity index is 2.47. The molecule has 3 N–H and O–H groups in total. The Bertz CT molecular complexity index is 326. The minimum absolute atomic E-state index is 0.101. The van der Waals surface area contributed by atoms with E-state index in [0.29, 0.717) is 5.32 Å². The van der Waals surface area contributed by atoms with E-state index in [2.05, 4.69) is 0 Å². The van der Waals surface area contributed by atoms with E-state index in [1.165, 1.54) is 0 Å². The second-order valence-electron chi connectivity index (χ2n) is 2.93. The van der Waals surface area contributed by atoms with Gasteiger partial charge in [0, 0.05) is 0 Å². The van der Waals surface area contributed by atoms with E-state index < -0.39 is 12.0 Å². The van der Waals surface area contributed by atoms with Crippen LogP contribution >= 0.6 is 0 Å². The van der Waals surface area contributed by atoms with Gasteiger partial charge in [0.25, 0.3) is 0 Å². The third kappa shape index (κ3) is 3.91. The molecule has 1 aromatic carbocycles. The van der Waals surface area contributed by atoms with Gasteiger partial charge in [0.05, 0.1) is 0 Å². The molecule has 4 nitrogen and oxygen atoms in total. The molecule has 0 aliphatic rings. The van der Waals surface area contributed by atoms with Crippen LogP contribution in [0.1, 0.15) is 0 Å². The molecule has 0 saturated heterocycles. The topological polar surface area (TPSA) is 72.5 Å². The van der Waals surface area contributed by atoms with Crippen molar-refractivity contribution in [3.05, 3.63) is 24.3 Å². The van der Waals surface area contributed by atoms with Gasteiger partial charge in [-0.05, 0) is 0 Å². The predicted octanol–water partition coefficient (Wildman–Crippen LogP) is -0.145. The fourth-order valence-corrected chi connectivity index (χ4v) is 2.70. The molecule has 0 aliphatic heterocycles. The third-order valence-corrected chi connectivity index (χ3v) is 4.18. The number of carboxylic acids is 1. The summed E-state index contributed by atoms with van der Waals surface area (Å²) in [6, 6.07) is 6.85. The summed E-state index contributed by atoms with van der Waals surface area (Å²) in [4.78, 5) is 10.5. The van der Waals surface area contributed by atoms with Crippen LogP contribution in [0.5, 0.6) is 5.75 Å². The number of benzene rings is 1. The van der Waals surface area contributed by atoms with Crippen molar-refractivity contribution in [3.63, 3.8) is 0 Å². The number of rotatable bonds is 5. The van der Waals surface area contributed by atoms with Crippen molar-refractivity contribution >= 4 is 25.4 Å². The summed E-state index contributed by atoms with van der Waals surface area (Å²) >= 11 is 0.101. The summed E-state index contributed by atoms with van der Waals surface area (Å²) in [5.74, 6) is -0.137. The molecule has 0 spiro atoms. The van der Waals surface area contributed by atoms with Gasteiger partial charge in [0.1, 0.15) is 0 Å². The predicted molar refractivity (Wildman–Crippen MR) is 58.8 cm³/mol. The summed E-state index contributed by atoms with van der Waals surface area (Å²) < 4.78 is 6.15. The summed E-state index contributed by atoms with van der Waals surface area (Å²) in [6.07, 6.45) is 0. The molecule has 0 bridgehead atoms. The van der Waals surface area contributed by atoms with Crippen LogP contribution in [0.25, 0.3) is 0 Å². The average molecular weight is 274 g/mol. The van der Waals surface area contributed by atoms with Gasteiger partial charge >= 0.3 is 94.2 Å². The first-order chi connectivity index (χ1) is 7.13. The summed E-state index contributed by atoms with van der Waals surface area (Å²) in [7, 11) is 1.61. The Kier molecular flexibility index (Phi) is 4.62. The number of carbonyl (C=O) groups is 1. The van der Waals surface area contributed by atoms with E-state index in [1.54, 1.807) is 7.11 Å². The first kappa shape index (κ1) is 12.0. The van der Waals surface area contributed by atoms with Crippen molar-refractivity contribution in [2.75, 3.05) is 7.11 Å². The minimum atomic E-state index is -0.939.